The summed E-state index contributed by atoms with van der Waals surface area (Å²) in [5.74, 6) is -2.97. The van der Waals surface area contributed by atoms with Gasteiger partial charge in [0.1, 0.15) is 10.6 Å². The van der Waals surface area contributed by atoms with Gasteiger partial charge in [-0.1, -0.05) is 12.1 Å². The number of benzene rings is 2. The Morgan fingerprint density at radius 1 is 1.00 bits per heavy atom. The molecule has 9 nitrogen and oxygen atoms in total. The lowest BCUT2D eigenvalue weighted by Gasteiger charge is -2.13. The summed E-state index contributed by atoms with van der Waals surface area (Å²) in [6.07, 6.45) is 0. The lowest BCUT2D eigenvalue weighted by molar-refractivity contribution is -0.388. The largest absolute Gasteiger partial charge is 0.501 e. The van der Waals surface area contributed by atoms with Gasteiger partial charge in [0.05, 0.1) is 15.5 Å². The van der Waals surface area contributed by atoms with E-state index in [0.29, 0.717) is 0 Å². The van der Waals surface area contributed by atoms with Gasteiger partial charge >= 0.3 is 11.0 Å². The standard InChI is InChI=1S/C16H10F6N2O7S3/c17-15(18,19)32-12-4-2-1-3-10(12)23-14(25)8-33(28,29)13-6-5-9(7-11(13)24(26)27)34(30,31)16(20,21)22/h1-7H,8H2,(H,23,25). The normalized spacial score (nSPS) is 12.9. The van der Waals surface area contributed by atoms with E-state index in [1.165, 1.54) is 12.1 Å². The molecule has 0 heterocycles. The fraction of sp³-hybridized carbons (Fsp3) is 0.188. The molecule has 186 valence electrons. The van der Waals surface area contributed by atoms with E-state index in [0.717, 1.165) is 12.1 Å². The number of hydrogen-bond acceptors (Lipinski definition) is 8. The summed E-state index contributed by atoms with van der Waals surface area (Å²) in [6.45, 7) is 0. The third-order valence-electron chi connectivity index (χ3n) is 3.79. The molecule has 0 aliphatic carbocycles. The van der Waals surface area contributed by atoms with Gasteiger partial charge in [-0.2, -0.15) is 26.3 Å². The van der Waals surface area contributed by atoms with E-state index in [4.69, 9.17) is 0 Å². The number of rotatable bonds is 7. The van der Waals surface area contributed by atoms with E-state index in [9.17, 15) is 58.1 Å². The van der Waals surface area contributed by atoms with Gasteiger partial charge in [-0.3, -0.25) is 14.9 Å². The highest BCUT2D eigenvalue weighted by Gasteiger charge is 2.47. The number of carbonyl (C=O) groups excluding carboxylic acids is 1. The summed E-state index contributed by atoms with van der Waals surface area (Å²) in [7, 11) is -11.0. The highest BCUT2D eigenvalue weighted by molar-refractivity contribution is 8.00. The number of halogens is 6. The number of nitrogens with zero attached hydrogens (tertiary/aromatic N) is 1. The molecule has 2 aromatic rings. The summed E-state index contributed by atoms with van der Waals surface area (Å²) in [5.41, 5.74) is -12.5. The molecule has 1 N–H and O–H groups in total. The lowest BCUT2D eigenvalue weighted by atomic mass is 10.3. The number of nitro groups is 1. The maximum Gasteiger partial charge on any atom is 0.501 e. The van der Waals surface area contributed by atoms with E-state index < -0.39 is 85.1 Å². The molecule has 0 aliphatic heterocycles. The first-order valence-electron chi connectivity index (χ1n) is 8.32. The number of hydrogen-bond donors (Lipinski definition) is 1. The Hall–Kier alpha value is -2.86. The number of nitro benzene ring substituents is 1. The second-order valence-electron chi connectivity index (χ2n) is 6.19. The number of carbonyl (C=O) groups is 1. The van der Waals surface area contributed by atoms with Crippen molar-refractivity contribution in [3.05, 3.63) is 52.6 Å². The van der Waals surface area contributed by atoms with Crippen LogP contribution in [0.25, 0.3) is 0 Å². The highest BCUT2D eigenvalue weighted by atomic mass is 32.2. The van der Waals surface area contributed by atoms with Gasteiger partial charge < -0.3 is 5.32 Å². The summed E-state index contributed by atoms with van der Waals surface area (Å²) in [5, 5.41) is 13.1. The average molecular weight is 552 g/mol. The topological polar surface area (TPSA) is 141 Å². The van der Waals surface area contributed by atoms with Gasteiger partial charge in [-0.25, -0.2) is 16.8 Å². The zero-order valence-corrected chi connectivity index (χ0v) is 18.5. The number of sulfone groups is 2. The first-order valence-corrected chi connectivity index (χ1v) is 12.3. The predicted octanol–water partition coefficient (Wildman–Crippen LogP) is 3.91. The minimum Gasteiger partial charge on any atom is -0.324 e. The average Bonchev–Trinajstić information content (AvgIpc) is 2.66. The van der Waals surface area contributed by atoms with Crippen molar-refractivity contribution in [3.8, 4) is 0 Å². The third-order valence-corrected chi connectivity index (χ3v) is 7.73. The number of alkyl halides is 6. The minimum atomic E-state index is -6.05. The fourth-order valence-electron chi connectivity index (χ4n) is 2.42. The van der Waals surface area contributed by atoms with Crippen LogP contribution < -0.4 is 5.32 Å². The first kappa shape index (κ1) is 27.4. The number of anilines is 1. The molecule has 0 atom stereocenters. The van der Waals surface area contributed by atoms with Gasteiger partial charge in [-0.15, -0.1) is 0 Å². The Morgan fingerprint density at radius 3 is 2.12 bits per heavy atom. The third kappa shape index (κ3) is 6.38. The Kier molecular flexibility index (Phi) is 7.58. The second-order valence-corrected chi connectivity index (χ2v) is 11.2. The smallest absolute Gasteiger partial charge is 0.324 e. The molecule has 0 spiro atoms. The van der Waals surface area contributed by atoms with Crippen LogP contribution in [0, 0.1) is 10.1 Å². The number of para-hydroxylation sites is 1. The SMILES string of the molecule is O=C(CS(=O)(=O)c1ccc(S(=O)(=O)C(F)(F)F)cc1[N+](=O)[O-])Nc1ccccc1SC(F)(F)F. The maximum absolute atomic E-state index is 12.7. The molecular weight excluding hydrogens is 542 g/mol. The van der Waals surface area contributed by atoms with Crippen molar-refractivity contribution in [2.75, 3.05) is 11.1 Å². The quantitative estimate of drug-likeness (QED) is 0.236. The predicted molar refractivity (Wildman–Crippen MR) is 105 cm³/mol. The molecule has 0 fully saturated rings. The van der Waals surface area contributed by atoms with Crippen LogP contribution in [0.3, 0.4) is 0 Å². The van der Waals surface area contributed by atoms with Gasteiger partial charge in [0.25, 0.3) is 15.5 Å². The molecule has 1 amide bonds. The van der Waals surface area contributed by atoms with E-state index in [2.05, 4.69) is 0 Å². The molecule has 0 saturated heterocycles. The number of amides is 1. The summed E-state index contributed by atoms with van der Waals surface area (Å²) in [4.78, 5) is 18.5. The Labute approximate surface area is 191 Å². The molecule has 2 rings (SSSR count). The van der Waals surface area contributed by atoms with Crippen molar-refractivity contribution >= 4 is 48.7 Å². The van der Waals surface area contributed by atoms with Crippen molar-refractivity contribution in [2.24, 2.45) is 0 Å². The van der Waals surface area contributed by atoms with E-state index in [1.54, 1.807) is 0 Å². The molecular formula is C16H10F6N2O7S3. The highest BCUT2D eigenvalue weighted by Crippen LogP contribution is 2.40. The summed E-state index contributed by atoms with van der Waals surface area (Å²) >= 11 is -0.606. The van der Waals surface area contributed by atoms with E-state index in [1.807, 2.05) is 5.32 Å². The van der Waals surface area contributed by atoms with Crippen molar-refractivity contribution in [1.29, 1.82) is 0 Å². The molecule has 18 heteroatoms. The van der Waals surface area contributed by atoms with Crippen LogP contribution >= 0.6 is 11.8 Å². The van der Waals surface area contributed by atoms with Crippen molar-refractivity contribution in [3.63, 3.8) is 0 Å². The van der Waals surface area contributed by atoms with Gasteiger partial charge in [0.2, 0.25) is 5.91 Å². The molecule has 2 aromatic carbocycles. The molecule has 0 bridgehead atoms. The molecule has 0 saturated carbocycles. The monoisotopic (exact) mass is 552 g/mol. The molecule has 34 heavy (non-hydrogen) atoms. The van der Waals surface area contributed by atoms with Crippen LogP contribution in [-0.2, 0) is 24.5 Å². The minimum absolute atomic E-state index is 0.122. The summed E-state index contributed by atoms with van der Waals surface area (Å²) < 4.78 is 124. The van der Waals surface area contributed by atoms with Gasteiger partial charge in [0.15, 0.2) is 9.84 Å². The summed E-state index contributed by atoms with van der Waals surface area (Å²) in [6, 6.07) is 4.70. The molecule has 0 aliphatic rings. The van der Waals surface area contributed by atoms with Crippen LogP contribution in [0.4, 0.5) is 37.7 Å². The van der Waals surface area contributed by atoms with Crippen LogP contribution in [0.5, 0.6) is 0 Å². The molecule has 0 aromatic heterocycles. The first-order chi connectivity index (χ1) is 15.3. The number of thioether (sulfide) groups is 1. The van der Waals surface area contributed by atoms with E-state index in [-0.39, 0.29) is 18.2 Å². The maximum atomic E-state index is 12.7. The Balaban J connectivity index is 2.39. The van der Waals surface area contributed by atoms with Crippen molar-refractivity contribution in [2.45, 2.75) is 25.7 Å². The van der Waals surface area contributed by atoms with E-state index >= 15 is 0 Å². The zero-order valence-electron chi connectivity index (χ0n) is 16.0. The van der Waals surface area contributed by atoms with Crippen LogP contribution in [0.2, 0.25) is 0 Å². The molecule has 0 unspecified atom stereocenters. The van der Waals surface area contributed by atoms with Gasteiger partial charge in [0, 0.05) is 11.0 Å². The number of nitrogens with one attached hydrogen (secondary N) is 1. The molecule has 0 radical (unpaired) electrons. The van der Waals surface area contributed by atoms with Gasteiger partial charge in [-0.05, 0) is 36.0 Å². The Bertz CT molecular complexity index is 1340. The van der Waals surface area contributed by atoms with Crippen molar-refractivity contribution < 1.29 is 52.9 Å². The van der Waals surface area contributed by atoms with Crippen LogP contribution in [0.1, 0.15) is 0 Å². The van der Waals surface area contributed by atoms with Crippen molar-refractivity contribution in [1.82, 2.24) is 0 Å². The fourth-order valence-corrected chi connectivity index (χ4v) is 5.13. The van der Waals surface area contributed by atoms with Crippen LogP contribution in [0.15, 0.2) is 57.2 Å². The zero-order chi connectivity index (χ0) is 26.1. The lowest BCUT2D eigenvalue weighted by Crippen LogP contribution is -2.25. The Morgan fingerprint density at radius 2 is 1.59 bits per heavy atom. The second kappa shape index (κ2) is 9.41. The van der Waals surface area contributed by atoms with Crippen LogP contribution in [-0.4, -0.2) is 44.4 Å².